The summed E-state index contributed by atoms with van der Waals surface area (Å²) < 4.78 is 12.0. The van der Waals surface area contributed by atoms with E-state index in [1.807, 2.05) is 0 Å². The molecule has 0 saturated carbocycles. The van der Waals surface area contributed by atoms with Crippen LogP contribution in [-0.2, 0) is 14.3 Å². The Morgan fingerprint density at radius 2 is 1.11 bits per heavy atom. The van der Waals surface area contributed by atoms with E-state index < -0.39 is 6.29 Å². The molecule has 1 aliphatic heterocycles. The summed E-state index contributed by atoms with van der Waals surface area (Å²) in [5.41, 5.74) is 0. The molecule has 0 aromatic carbocycles. The van der Waals surface area contributed by atoms with E-state index in [-0.39, 0.29) is 18.0 Å². The third kappa shape index (κ3) is 22.5. The normalized spacial score (nSPS) is 16.7. The summed E-state index contributed by atoms with van der Waals surface area (Å²) in [6, 6.07) is 0. The van der Waals surface area contributed by atoms with Crippen LogP contribution in [0.1, 0.15) is 195 Å². The number of likely N-dealkylation sites (tertiary alicyclic amines) is 1. The van der Waals surface area contributed by atoms with Crippen LogP contribution in [0.3, 0.4) is 0 Å². The van der Waals surface area contributed by atoms with Crippen molar-refractivity contribution in [1.82, 2.24) is 4.90 Å². The first kappa shape index (κ1) is 42.4. The number of carbonyl (C=O) groups excluding carboxylic acids is 1. The van der Waals surface area contributed by atoms with Gasteiger partial charge in [0, 0.05) is 12.3 Å². The molecule has 0 radical (unpaired) electrons. The van der Waals surface area contributed by atoms with Crippen LogP contribution in [0, 0.1) is 17.8 Å². The summed E-state index contributed by atoms with van der Waals surface area (Å²) in [6.45, 7) is 11.9. The van der Waals surface area contributed by atoms with E-state index in [0.717, 1.165) is 64.0 Å². The molecule has 0 aromatic rings. The number of unbranched alkanes of at least 4 members (excludes halogenated alkanes) is 12. The van der Waals surface area contributed by atoms with Crippen LogP contribution in [0.5, 0.6) is 0 Å². The Kier molecular flexibility index (Phi) is 27.8. The maximum Gasteiger partial charge on any atom is 0.305 e. The molecule has 5 nitrogen and oxygen atoms in total. The van der Waals surface area contributed by atoms with Crippen LogP contribution >= 0.6 is 0 Å². The maximum atomic E-state index is 12.4. The third-order valence-electron chi connectivity index (χ3n) is 10.4. The predicted molar refractivity (Wildman–Crippen MR) is 193 cm³/mol. The Balaban J connectivity index is 2.25. The largest absolute Gasteiger partial charge is 0.466 e. The van der Waals surface area contributed by atoms with Gasteiger partial charge in [0.2, 0.25) is 0 Å². The maximum absolute atomic E-state index is 12.4. The van der Waals surface area contributed by atoms with E-state index >= 15 is 0 Å². The van der Waals surface area contributed by atoms with Gasteiger partial charge < -0.3 is 19.5 Å². The molecule has 1 rings (SSSR count). The monoisotopic (exact) mass is 638 g/mol. The van der Waals surface area contributed by atoms with Crippen LogP contribution in [0.2, 0.25) is 0 Å². The summed E-state index contributed by atoms with van der Waals surface area (Å²) in [5, 5.41) is 10.9. The summed E-state index contributed by atoms with van der Waals surface area (Å²) in [5.74, 6) is 1.77. The van der Waals surface area contributed by atoms with Gasteiger partial charge in [0.05, 0.1) is 12.7 Å². The van der Waals surface area contributed by atoms with Gasteiger partial charge in [-0.2, -0.15) is 0 Å². The molecule has 1 fully saturated rings. The minimum atomic E-state index is -0.607. The Hall–Kier alpha value is -0.650. The highest BCUT2D eigenvalue weighted by atomic mass is 16.6. The first-order valence-electron chi connectivity index (χ1n) is 20.1. The lowest BCUT2D eigenvalue weighted by molar-refractivity contribution is -0.176. The number of ether oxygens (including phenoxy) is 2. The van der Waals surface area contributed by atoms with Gasteiger partial charge >= 0.3 is 5.97 Å². The molecule has 1 heterocycles. The number of aliphatic hydroxyl groups is 1. The highest BCUT2D eigenvalue weighted by Gasteiger charge is 2.26. The van der Waals surface area contributed by atoms with E-state index in [9.17, 15) is 9.90 Å². The molecule has 0 bridgehead atoms. The lowest BCUT2D eigenvalue weighted by Gasteiger charge is -2.33. The molecule has 0 aromatic heterocycles. The third-order valence-corrected chi connectivity index (χ3v) is 10.4. The number of piperidine rings is 1. The summed E-state index contributed by atoms with van der Waals surface area (Å²) >= 11 is 0. The zero-order chi connectivity index (χ0) is 33.0. The molecule has 268 valence electrons. The molecule has 1 N–H and O–H groups in total. The number of rotatable bonds is 31. The van der Waals surface area contributed by atoms with Crippen LogP contribution in [0.4, 0.5) is 0 Å². The van der Waals surface area contributed by atoms with Gasteiger partial charge in [0.25, 0.3) is 0 Å². The van der Waals surface area contributed by atoms with Gasteiger partial charge in [-0.25, -0.2) is 0 Å². The quantitative estimate of drug-likeness (QED) is 0.0465. The fourth-order valence-corrected chi connectivity index (χ4v) is 7.50. The molecule has 0 amide bonds. The summed E-state index contributed by atoms with van der Waals surface area (Å²) in [4.78, 5) is 14.7. The fraction of sp³-hybridized carbons (Fsp3) is 0.975. The van der Waals surface area contributed by atoms with Crippen molar-refractivity contribution in [1.29, 1.82) is 0 Å². The molecular weight excluding hydrogens is 558 g/mol. The lowest BCUT2D eigenvalue weighted by Crippen LogP contribution is -2.38. The minimum Gasteiger partial charge on any atom is -0.466 e. The molecular formula is C40H79NO4. The first-order valence-corrected chi connectivity index (χ1v) is 20.1. The smallest absolute Gasteiger partial charge is 0.305 e. The van der Waals surface area contributed by atoms with Crippen molar-refractivity contribution in [3.8, 4) is 0 Å². The minimum absolute atomic E-state index is 0.00287. The highest BCUT2D eigenvalue weighted by molar-refractivity contribution is 5.69. The van der Waals surface area contributed by atoms with Crippen LogP contribution < -0.4 is 0 Å². The Labute approximate surface area is 281 Å². The van der Waals surface area contributed by atoms with E-state index in [1.54, 1.807) is 0 Å². The van der Waals surface area contributed by atoms with Crippen molar-refractivity contribution in [3.05, 3.63) is 0 Å². The molecule has 3 atom stereocenters. The number of esters is 1. The van der Waals surface area contributed by atoms with Crippen LogP contribution in [0.15, 0.2) is 0 Å². The van der Waals surface area contributed by atoms with E-state index in [0.29, 0.717) is 18.9 Å². The average molecular weight is 638 g/mol. The number of carbonyl (C=O) groups is 1. The van der Waals surface area contributed by atoms with Gasteiger partial charge in [-0.3, -0.25) is 4.79 Å². The fourth-order valence-electron chi connectivity index (χ4n) is 7.50. The molecule has 3 unspecified atom stereocenters. The van der Waals surface area contributed by atoms with Crippen molar-refractivity contribution in [2.45, 2.75) is 207 Å². The van der Waals surface area contributed by atoms with Gasteiger partial charge in [-0.15, -0.1) is 0 Å². The number of nitrogens with zero attached hydrogens (tertiary/aromatic N) is 1. The average Bonchev–Trinajstić information content (AvgIpc) is 3.03. The van der Waals surface area contributed by atoms with Crippen molar-refractivity contribution < 1.29 is 19.4 Å². The zero-order valence-electron chi connectivity index (χ0n) is 31.0. The van der Waals surface area contributed by atoms with Gasteiger partial charge in [0.1, 0.15) is 0 Å². The van der Waals surface area contributed by atoms with Crippen molar-refractivity contribution in [2.75, 3.05) is 26.7 Å². The summed E-state index contributed by atoms with van der Waals surface area (Å²) in [7, 11) is 2.17. The second-order valence-electron chi connectivity index (χ2n) is 14.6. The second-order valence-corrected chi connectivity index (χ2v) is 14.6. The molecule has 45 heavy (non-hydrogen) atoms. The standard InChI is InChI=1S/C40H79NO4/c1-6-10-11-12-13-14-17-20-26-38(45-40(43)37-29-32-41(5)33-30-37)27-21-18-15-16-19-22-28-39(42)44-34-31-36(25-9-4)35(23-7-2)24-8-3/h35-38,40,43H,6-34H2,1-5H3. The molecule has 0 aliphatic carbocycles. The predicted octanol–water partition coefficient (Wildman–Crippen LogP) is 11.2. The van der Waals surface area contributed by atoms with Crippen LogP contribution in [-0.4, -0.2) is 55.1 Å². The van der Waals surface area contributed by atoms with E-state index in [1.165, 1.54) is 116 Å². The zero-order valence-corrected chi connectivity index (χ0v) is 31.0. The van der Waals surface area contributed by atoms with Crippen LogP contribution in [0.25, 0.3) is 0 Å². The highest BCUT2D eigenvalue weighted by Crippen LogP contribution is 2.30. The lowest BCUT2D eigenvalue weighted by atomic mass is 9.80. The van der Waals surface area contributed by atoms with Gasteiger partial charge in [0.15, 0.2) is 6.29 Å². The molecule has 0 spiro atoms. The topological polar surface area (TPSA) is 59.0 Å². The Morgan fingerprint density at radius 3 is 1.62 bits per heavy atom. The van der Waals surface area contributed by atoms with Crippen molar-refractivity contribution in [3.63, 3.8) is 0 Å². The molecule has 1 saturated heterocycles. The molecule has 1 aliphatic rings. The van der Waals surface area contributed by atoms with Crippen molar-refractivity contribution in [2.24, 2.45) is 17.8 Å². The van der Waals surface area contributed by atoms with E-state index in [2.05, 4.69) is 39.6 Å². The SMILES string of the molecule is CCCCCCCCCCC(CCCCCCCCC(=O)OCCC(CCC)C(CCC)CCC)OC(O)C1CCN(C)CC1. The van der Waals surface area contributed by atoms with Crippen molar-refractivity contribution >= 4 is 5.97 Å². The number of hydrogen-bond donors (Lipinski definition) is 1. The van der Waals surface area contributed by atoms with Gasteiger partial charge in [-0.05, 0) is 70.5 Å². The summed E-state index contributed by atoms with van der Waals surface area (Å²) in [6.07, 6.45) is 30.4. The Morgan fingerprint density at radius 1 is 0.644 bits per heavy atom. The number of hydrogen-bond acceptors (Lipinski definition) is 5. The second kappa shape index (κ2) is 29.5. The first-order chi connectivity index (χ1) is 21.9. The Bertz CT molecular complexity index is 644. The molecule has 5 heteroatoms. The van der Waals surface area contributed by atoms with E-state index in [4.69, 9.17) is 9.47 Å². The number of aliphatic hydroxyl groups excluding tert-OH is 1. The van der Waals surface area contributed by atoms with Gasteiger partial charge in [-0.1, -0.05) is 150 Å².